The number of carbonyl (C=O) groups excluding carboxylic acids is 1. The van der Waals surface area contributed by atoms with Gasteiger partial charge in [0.15, 0.2) is 0 Å². The second-order valence-corrected chi connectivity index (χ2v) is 6.36. The first-order valence-corrected chi connectivity index (χ1v) is 8.74. The zero-order valence-corrected chi connectivity index (χ0v) is 14.1. The van der Waals surface area contributed by atoms with E-state index in [1.54, 1.807) is 6.20 Å². The Labute approximate surface area is 144 Å². The van der Waals surface area contributed by atoms with Crippen molar-refractivity contribution in [2.45, 2.75) is 25.8 Å². The molecule has 0 spiro atoms. The Morgan fingerprint density at radius 2 is 1.79 bits per heavy atom. The molecule has 126 valence electrons. The predicted molar refractivity (Wildman–Crippen MR) is 95.5 cm³/mol. The number of hydrogen-bond acceptors (Lipinski definition) is 3. The fraction of sp³-hybridized carbons (Fsp3) is 0.400. The Bertz CT molecular complexity index is 630. The van der Waals surface area contributed by atoms with Gasteiger partial charge in [-0.25, -0.2) is 0 Å². The van der Waals surface area contributed by atoms with Crippen molar-refractivity contribution in [2.24, 2.45) is 0 Å². The highest BCUT2D eigenvalue weighted by atomic mass is 16.2. The van der Waals surface area contributed by atoms with Crippen LogP contribution in [-0.2, 0) is 17.8 Å². The molecule has 4 nitrogen and oxygen atoms in total. The molecule has 1 saturated heterocycles. The summed E-state index contributed by atoms with van der Waals surface area (Å²) in [5, 5.41) is 0. The van der Waals surface area contributed by atoms with Crippen LogP contribution in [0.15, 0.2) is 54.9 Å². The van der Waals surface area contributed by atoms with Crippen molar-refractivity contribution in [1.29, 1.82) is 0 Å². The minimum absolute atomic E-state index is 0.254. The van der Waals surface area contributed by atoms with Crippen molar-refractivity contribution in [3.8, 4) is 0 Å². The molecule has 2 aromatic rings. The van der Waals surface area contributed by atoms with E-state index in [4.69, 9.17) is 0 Å². The van der Waals surface area contributed by atoms with E-state index in [2.05, 4.69) is 40.2 Å². The van der Waals surface area contributed by atoms with E-state index in [0.29, 0.717) is 13.0 Å². The number of rotatable bonds is 6. The summed E-state index contributed by atoms with van der Waals surface area (Å²) in [6.07, 6.45) is 6.47. The summed E-state index contributed by atoms with van der Waals surface area (Å²) >= 11 is 0. The molecule has 1 amide bonds. The summed E-state index contributed by atoms with van der Waals surface area (Å²) in [5.74, 6) is 0.254. The molecule has 0 radical (unpaired) electrons. The van der Waals surface area contributed by atoms with Crippen molar-refractivity contribution in [2.75, 3.05) is 26.2 Å². The maximum absolute atomic E-state index is 12.3. The van der Waals surface area contributed by atoms with Crippen LogP contribution < -0.4 is 0 Å². The number of aryl methyl sites for hydroxylation is 1. The molecule has 2 heterocycles. The number of nitrogens with zero attached hydrogens (tertiary/aromatic N) is 3. The molecule has 0 aliphatic carbocycles. The lowest BCUT2D eigenvalue weighted by atomic mass is 10.1. The average Bonchev–Trinajstić information content (AvgIpc) is 2.80. The van der Waals surface area contributed by atoms with E-state index in [1.165, 1.54) is 5.56 Å². The molecule has 0 unspecified atom stereocenters. The molecule has 4 heteroatoms. The molecule has 3 rings (SSSR count). The highest BCUT2D eigenvalue weighted by Crippen LogP contribution is 2.11. The van der Waals surface area contributed by atoms with Gasteiger partial charge in [0.05, 0.1) is 0 Å². The first kappa shape index (κ1) is 16.7. The number of aromatic nitrogens is 1. The second kappa shape index (κ2) is 8.60. The minimum atomic E-state index is 0.254. The Kier molecular flexibility index (Phi) is 5.96. The molecule has 24 heavy (non-hydrogen) atoms. The molecular weight excluding hydrogens is 298 g/mol. The van der Waals surface area contributed by atoms with Crippen molar-refractivity contribution < 1.29 is 4.79 Å². The van der Waals surface area contributed by atoms with Gasteiger partial charge in [0.1, 0.15) is 0 Å². The van der Waals surface area contributed by atoms with Crippen LogP contribution in [0.3, 0.4) is 0 Å². The molecule has 0 bridgehead atoms. The first-order valence-electron chi connectivity index (χ1n) is 8.74. The van der Waals surface area contributed by atoms with E-state index in [0.717, 1.165) is 44.6 Å². The SMILES string of the molecule is O=C1CCN(CCCc2ccccc2)CCN1Cc1cccnc1. The number of pyridine rings is 1. The number of carbonyl (C=O) groups is 1. The molecule has 1 aliphatic rings. The van der Waals surface area contributed by atoms with Crippen molar-refractivity contribution in [1.82, 2.24) is 14.8 Å². The van der Waals surface area contributed by atoms with Crippen LogP contribution in [0.4, 0.5) is 0 Å². The van der Waals surface area contributed by atoms with Crippen molar-refractivity contribution in [3.63, 3.8) is 0 Å². The second-order valence-electron chi connectivity index (χ2n) is 6.36. The normalized spacial score (nSPS) is 16.2. The monoisotopic (exact) mass is 323 g/mol. The fourth-order valence-corrected chi connectivity index (χ4v) is 3.16. The van der Waals surface area contributed by atoms with Crippen LogP contribution in [0.5, 0.6) is 0 Å². The Morgan fingerprint density at radius 1 is 0.958 bits per heavy atom. The van der Waals surface area contributed by atoms with Gasteiger partial charge in [-0.2, -0.15) is 0 Å². The van der Waals surface area contributed by atoms with Gasteiger partial charge in [-0.3, -0.25) is 9.78 Å². The maximum Gasteiger partial charge on any atom is 0.224 e. The molecule has 1 aromatic heterocycles. The van der Waals surface area contributed by atoms with Gasteiger partial charge in [-0.05, 0) is 36.6 Å². The maximum atomic E-state index is 12.3. The van der Waals surface area contributed by atoms with Gasteiger partial charge in [0, 0.05) is 45.0 Å². The Morgan fingerprint density at radius 3 is 2.58 bits per heavy atom. The van der Waals surface area contributed by atoms with Crippen molar-refractivity contribution in [3.05, 3.63) is 66.0 Å². The summed E-state index contributed by atoms with van der Waals surface area (Å²) in [7, 11) is 0. The van der Waals surface area contributed by atoms with Crippen molar-refractivity contribution >= 4 is 5.91 Å². The van der Waals surface area contributed by atoms with Gasteiger partial charge in [0.25, 0.3) is 0 Å². The van der Waals surface area contributed by atoms with Gasteiger partial charge >= 0.3 is 0 Å². The van der Waals surface area contributed by atoms with Gasteiger partial charge in [0.2, 0.25) is 5.91 Å². The first-order chi connectivity index (χ1) is 11.8. The van der Waals surface area contributed by atoms with Crippen LogP contribution in [0, 0.1) is 0 Å². The van der Waals surface area contributed by atoms with Crippen LogP contribution in [0.1, 0.15) is 24.0 Å². The van der Waals surface area contributed by atoms with E-state index in [1.807, 2.05) is 23.2 Å². The lowest BCUT2D eigenvalue weighted by Gasteiger charge is -2.22. The summed E-state index contributed by atoms with van der Waals surface area (Å²) in [5.41, 5.74) is 2.49. The van der Waals surface area contributed by atoms with Gasteiger partial charge in [-0.15, -0.1) is 0 Å². The summed E-state index contributed by atoms with van der Waals surface area (Å²) in [6.45, 7) is 4.37. The Hall–Kier alpha value is -2.20. The van der Waals surface area contributed by atoms with Crippen LogP contribution in [-0.4, -0.2) is 46.9 Å². The predicted octanol–water partition coefficient (Wildman–Crippen LogP) is 2.75. The van der Waals surface area contributed by atoms with E-state index < -0.39 is 0 Å². The van der Waals surface area contributed by atoms with E-state index >= 15 is 0 Å². The smallest absolute Gasteiger partial charge is 0.224 e. The summed E-state index contributed by atoms with van der Waals surface area (Å²) < 4.78 is 0. The quantitative estimate of drug-likeness (QED) is 0.820. The zero-order chi connectivity index (χ0) is 16.6. The Balaban J connectivity index is 1.46. The third kappa shape index (κ3) is 4.90. The standard InChI is InChI=1S/C20H25N3O/c24-20-10-13-22(12-5-9-18-6-2-1-3-7-18)14-15-23(20)17-19-8-4-11-21-16-19/h1-4,6-8,11,16H,5,9-10,12-15,17H2. The molecule has 0 atom stereocenters. The number of hydrogen-bond donors (Lipinski definition) is 0. The molecule has 1 aliphatic heterocycles. The summed E-state index contributed by atoms with van der Waals surface area (Å²) in [6, 6.07) is 14.6. The lowest BCUT2D eigenvalue weighted by molar-refractivity contribution is -0.130. The zero-order valence-electron chi connectivity index (χ0n) is 14.1. The topological polar surface area (TPSA) is 36.4 Å². The van der Waals surface area contributed by atoms with E-state index in [-0.39, 0.29) is 5.91 Å². The van der Waals surface area contributed by atoms with Gasteiger partial charge < -0.3 is 9.80 Å². The molecular formula is C20H25N3O. The highest BCUT2D eigenvalue weighted by Gasteiger charge is 2.20. The van der Waals surface area contributed by atoms with E-state index in [9.17, 15) is 4.79 Å². The largest absolute Gasteiger partial charge is 0.337 e. The third-order valence-corrected chi connectivity index (χ3v) is 4.56. The lowest BCUT2D eigenvalue weighted by Crippen LogP contribution is -2.33. The van der Waals surface area contributed by atoms with Crippen LogP contribution in [0.25, 0.3) is 0 Å². The average molecular weight is 323 g/mol. The van der Waals surface area contributed by atoms with Crippen LogP contribution >= 0.6 is 0 Å². The summed E-state index contributed by atoms with van der Waals surface area (Å²) in [4.78, 5) is 20.9. The fourth-order valence-electron chi connectivity index (χ4n) is 3.16. The molecule has 0 N–H and O–H groups in total. The third-order valence-electron chi connectivity index (χ3n) is 4.56. The highest BCUT2D eigenvalue weighted by molar-refractivity contribution is 5.76. The molecule has 1 fully saturated rings. The van der Waals surface area contributed by atoms with Gasteiger partial charge in [-0.1, -0.05) is 36.4 Å². The molecule has 1 aromatic carbocycles. The molecule has 0 saturated carbocycles. The van der Waals surface area contributed by atoms with Crippen LogP contribution in [0.2, 0.25) is 0 Å². The number of amides is 1. The minimum Gasteiger partial charge on any atom is -0.337 e. The number of benzene rings is 1.